The second-order valence-corrected chi connectivity index (χ2v) is 5.06. The van der Waals surface area contributed by atoms with E-state index in [1.165, 1.54) is 13.2 Å². The second-order valence-electron chi connectivity index (χ2n) is 5.06. The van der Waals surface area contributed by atoms with E-state index in [0.29, 0.717) is 18.4 Å². The van der Waals surface area contributed by atoms with Crippen LogP contribution in [0.15, 0.2) is 48.6 Å². The average molecular weight is 330 g/mol. The molecule has 0 bridgehead atoms. The molecule has 0 aliphatic heterocycles. The number of aliphatic hydroxyl groups is 2. The first-order chi connectivity index (χ1) is 11.5. The van der Waals surface area contributed by atoms with Crippen molar-refractivity contribution in [1.82, 2.24) is 0 Å². The summed E-state index contributed by atoms with van der Waals surface area (Å²) in [5, 5.41) is 29.0. The van der Waals surface area contributed by atoms with Crippen molar-refractivity contribution in [1.29, 1.82) is 0 Å². The number of allylic oxidation sites excluding steroid dienone is 3. The minimum atomic E-state index is -1.02. The Balaban J connectivity index is 2.38. The van der Waals surface area contributed by atoms with Crippen LogP contribution in [-0.2, 0) is 9.53 Å². The molecule has 0 saturated carbocycles. The summed E-state index contributed by atoms with van der Waals surface area (Å²) in [5.74, 6) is 5.34. The molecule has 5 nitrogen and oxygen atoms in total. The fourth-order valence-electron chi connectivity index (χ4n) is 1.84. The predicted octanol–water partition coefficient (Wildman–Crippen LogP) is 1.92. The Labute approximate surface area is 141 Å². The number of para-hydroxylation sites is 1. The van der Waals surface area contributed by atoms with E-state index in [-0.39, 0.29) is 18.1 Å². The zero-order chi connectivity index (χ0) is 17.8. The summed E-state index contributed by atoms with van der Waals surface area (Å²) in [7, 11) is 1.31. The van der Waals surface area contributed by atoms with E-state index < -0.39 is 12.2 Å². The number of hydrogen-bond acceptors (Lipinski definition) is 5. The fourth-order valence-corrected chi connectivity index (χ4v) is 1.84. The van der Waals surface area contributed by atoms with Crippen LogP contribution in [0.2, 0.25) is 0 Å². The summed E-state index contributed by atoms with van der Waals surface area (Å²) >= 11 is 0. The van der Waals surface area contributed by atoms with Gasteiger partial charge in [0.25, 0.3) is 0 Å². The van der Waals surface area contributed by atoms with Crippen LogP contribution in [0.3, 0.4) is 0 Å². The van der Waals surface area contributed by atoms with Crippen LogP contribution in [0.4, 0.5) is 0 Å². The van der Waals surface area contributed by atoms with Crippen LogP contribution < -0.4 is 0 Å². The van der Waals surface area contributed by atoms with E-state index in [2.05, 4.69) is 16.6 Å². The topological polar surface area (TPSA) is 87.0 Å². The van der Waals surface area contributed by atoms with Crippen molar-refractivity contribution < 1.29 is 24.9 Å². The molecule has 5 heteroatoms. The lowest BCUT2D eigenvalue weighted by atomic mass is 10.1. The number of ether oxygens (including phenoxy) is 1. The predicted molar refractivity (Wildman–Crippen MR) is 91.1 cm³/mol. The first-order valence-electron chi connectivity index (χ1n) is 7.60. The number of rotatable bonds is 7. The Hall–Kier alpha value is -2.55. The maximum atomic E-state index is 10.9. The van der Waals surface area contributed by atoms with E-state index in [4.69, 9.17) is 0 Å². The highest BCUT2D eigenvalue weighted by molar-refractivity contribution is 5.68. The minimum absolute atomic E-state index is 0.124. The lowest BCUT2D eigenvalue weighted by Gasteiger charge is -2.13. The summed E-state index contributed by atoms with van der Waals surface area (Å²) in [5.41, 5.74) is 0.534. The molecule has 0 aliphatic carbocycles. The number of aromatic hydroxyl groups is 1. The van der Waals surface area contributed by atoms with Crippen molar-refractivity contribution in [3.8, 4) is 17.6 Å². The number of phenolic OH excluding ortho intramolecular Hbond substituents is 1. The summed E-state index contributed by atoms with van der Waals surface area (Å²) in [4.78, 5) is 10.9. The maximum absolute atomic E-state index is 10.9. The Morgan fingerprint density at radius 3 is 2.75 bits per heavy atom. The van der Waals surface area contributed by atoms with Gasteiger partial charge in [-0.05, 0) is 31.1 Å². The number of phenols is 1. The smallest absolute Gasteiger partial charge is 0.305 e. The number of carbonyl (C=O) groups is 1. The molecule has 0 unspecified atom stereocenters. The van der Waals surface area contributed by atoms with Crippen molar-refractivity contribution >= 4 is 5.97 Å². The monoisotopic (exact) mass is 330 g/mol. The van der Waals surface area contributed by atoms with Gasteiger partial charge in [-0.15, -0.1) is 0 Å². The molecule has 0 spiro atoms. The highest BCUT2D eigenvalue weighted by Gasteiger charge is 2.13. The van der Waals surface area contributed by atoms with Gasteiger partial charge in [-0.25, -0.2) is 0 Å². The SMILES string of the molecule is COC(=O)CCC[C@H](O)[C@H](O)/C=C/C=C/C#Cc1ccccc1O. The Bertz CT molecular complexity index is 637. The molecule has 0 fully saturated rings. The number of hydrogen-bond donors (Lipinski definition) is 3. The quantitative estimate of drug-likeness (QED) is 0.404. The molecule has 0 aliphatic rings. The third-order valence-corrected chi connectivity index (χ3v) is 3.21. The zero-order valence-electron chi connectivity index (χ0n) is 13.6. The van der Waals surface area contributed by atoms with Gasteiger partial charge in [0.2, 0.25) is 0 Å². The zero-order valence-corrected chi connectivity index (χ0v) is 13.6. The van der Waals surface area contributed by atoms with Gasteiger partial charge in [0.05, 0.1) is 24.9 Å². The molecule has 128 valence electrons. The third kappa shape index (κ3) is 7.63. The van der Waals surface area contributed by atoms with E-state index in [1.807, 2.05) is 0 Å². The summed E-state index contributed by atoms with van der Waals surface area (Å²) in [6, 6.07) is 6.77. The van der Waals surface area contributed by atoms with Crippen LogP contribution >= 0.6 is 0 Å². The standard InChI is InChI=1S/C19H22O5/c1-24-19(23)14-8-13-18(22)17(21)12-5-3-2-4-9-15-10-6-7-11-16(15)20/h2-3,5-7,10-12,17-18,20-22H,8,13-14H2,1H3/b3-2+,12-5+/t17-,18+/m1/s1. The molecule has 0 saturated heterocycles. The fraction of sp³-hybridized carbons (Fsp3) is 0.316. The highest BCUT2D eigenvalue weighted by Crippen LogP contribution is 2.13. The third-order valence-electron chi connectivity index (χ3n) is 3.21. The van der Waals surface area contributed by atoms with Crippen LogP contribution in [0.25, 0.3) is 0 Å². The minimum Gasteiger partial charge on any atom is -0.507 e. The molecular formula is C19H22O5. The Kier molecular flexibility index (Phi) is 8.98. The number of esters is 1. The molecule has 0 heterocycles. The summed E-state index contributed by atoms with van der Waals surface area (Å²) in [6.45, 7) is 0. The lowest BCUT2D eigenvalue weighted by molar-refractivity contribution is -0.140. The van der Waals surface area contributed by atoms with E-state index in [1.54, 1.807) is 42.5 Å². The van der Waals surface area contributed by atoms with E-state index in [9.17, 15) is 20.1 Å². The molecule has 1 aromatic carbocycles. The molecule has 0 aromatic heterocycles. The Morgan fingerprint density at radius 2 is 2.04 bits per heavy atom. The van der Waals surface area contributed by atoms with Gasteiger partial charge in [-0.1, -0.05) is 42.2 Å². The molecule has 1 aromatic rings. The van der Waals surface area contributed by atoms with Gasteiger partial charge >= 0.3 is 5.97 Å². The van der Waals surface area contributed by atoms with E-state index >= 15 is 0 Å². The van der Waals surface area contributed by atoms with Gasteiger partial charge in [0.15, 0.2) is 0 Å². The van der Waals surface area contributed by atoms with Crippen LogP contribution in [0.5, 0.6) is 5.75 Å². The second kappa shape index (κ2) is 11.1. The van der Waals surface area contributed by atoms with Crippen LogP contribution in [0.1, 0.15) is 24.8 Å². The van der Waals surface area contributed by atoms with Crippen molar-refractivity contribution in [2.24, 2.45) is 0 Å². The average Bonchev–Trinajstić information content (AvgIpc) is 2.58. The number of methoxy groups -OCH3 is 1. The van der Waals surface area contributed by atoms with Crippen LogP contribution in [-0.4, -0.2) is 40.6 Å². The first kappa shape index (κ1) is 19.5. The van der Waals surface area contributed by atoms with Crippen molar-refractivity contribution in [2.75, 3.05) is 7.11 Å². The van der Waals surface area contributed by atoms with Gasteiger partial charge in [-0.2, -0.15) is 0 Å². The number of carbonyl (C=O) groups excluding carboxylic acids is 1. The van der Waals surface area contributed by atoms with Gasteiger partial charge < -0.3 is 20.1 Å². The first-order valence-corrected chi connectivity index (χ1v) is 7.60. The van der Waals surface area contributed by atoms with Crippen molar-refractivity contribution in [3.63, 3.8) is 0 Å². The van der Waals surface area contributed by atoms with Crippen molar-refractivity contribution in [3.05, 3.63) is 54.1 Å². The lowest BCUT2D eigenvalue weighted by Crippen LogP contribution is -2.23. The molecule has 1 rings (SSSR count). The largest absolute Gasteiger partial charge is 0.507 e. The molecule has 0 amide bonds. The molecule has 3 N–H and O–H groups in total. The normalized spacial score (nSPS) is 13.5. The molecule has 0 radical (unpaired) electrons. The number of aliphatic hydroxyl groups excluding tert-OH is 2. The Morgan fingerprint density at radius 1 is 1.29 bits per heavy atom. The molecule has 2 atom stereocenters. The van der Waals surface area contributed by atoms with Crippen molar-refractivity contribution in [2.45, 2.75) is 31.5 Å². The van der Waals surface area contributed by atoms with E-state index in [0.717, 1.165) is 0 Å². The number of benzene rings is 1. The van der Waals surface area contributed by atoms with Gasteiger partial charge in [0, 0.05) is 6.42 Å². The maximum Gasteiger partial charge on any atom is 0.305 e. The molecule has 24 heavy (non-hydrogen) atoms. The highest BCUT2D eigenvalue weighted by atomic mass is 16.5. The summed E-state index contributed by atoms with van der Waals surface area (Å²) < 4.78 is 4.50. The van der Waals surface area contributed by atoms with Gasteiger partial charge in [-0.3, -0.25) is 4.79 Å². The van der Waals surface area contributed by atoms with Gasteiger partial charge in [0.1, 0.15) is 5.75 Å². The van der Waals surface area contributed by atoms with Crippen LogP contribution in [0, 0.1) is 11.8 Å². The molecular weight excluding hydrogens is 308 g/mol. The summed E-state index contributed by atoms with van der Waals surface area (Å²) in [6.07, 6.45) is 5.22.